The van der Waals surface area contributed by atoms with Gasteiger partial charge in [-0.1, -0.05) is 47.6 Å². The van der Waals surface area contributed by atoms with Crippen LogP contribution in [0.5, 0.6) is 0 Å². The second-order valence-electron chi connectivity index (χ2n) is 17.0. The van der Waals surface area contributed by atoms with Gasteiger partial charge in [0.2, 0.25) is 0 Å². The summed E-state index contributed by atoms with van der Waals surface area (Å²) < 4.78 is 3.09. The van der Waals surface area contributed by atoms with E-state index in [1.807, 2.05) is 53.8 Å². The maximum atomic E-state index is 12.5. The predicted octanol–water partition coefficient (Wildman–Crippen LogP) is 6.93. The van der Waals surface area contributed by atoms with E-state index in [2.05, 4.69) is 56.5 Å². The molecule has 2 aliphatic carbocycles. The van der Waals surface area contributed by atoms with Crippen molar-refractivity contribution in [3.63, 3.8) is 0 Å². The molecule has 0 spiro atoms. The SMILES string of the molecule is CC(C)(C)C(=O)n1ncc2cc(CC3CC4CCC3NC4)ccc21.CC(C)(C)C(=O)n1ncc2cc(NC3CC4CCC3NC4)ccc21. The van der Waals surface area contributed by atoms with Gasteiger partial charge < -0.3 is 16.0 Å². The zero-order valence-electron chi connectivity index (χ0n) is 29.6. The van der Waals surface area contributed by atoms with Crippen LogP contribution < -0.4 is 16.0 Å². The van der Waals surface area contributed by atoms with Gasteiger partial charge in [0.05, 0.1) is 23.4 Å². The highest BCUT2D eigenvalue weighted by Crippen LogP contribution is 2.36. The minimum atomic E-state index is -0.442. The Morgan fingerprint density at radius 3 is 1.81 bits per heavy atom. The van der Waals surface area contributed by atoms with Gasteiger partial charge in [-0.2, -0.15) is 19.6 Å². The molecule has 0 radical (unpaired) electrons. The van der Waals surface area contributed by atoms with Crippen molar-refractivity contribution in [2.45, 2.75) is 105 Å². The van der Waals surface area contributed by atoms with Crippen LogP contribution in [0.1, 0.15) is 95.2 Å². The lowest BCUT2D eigenvalue weighted by Crippen LogP contribution is -2.55. The first-order valence-corrected chi connectivity index (χ1v) is 18.1. The maximum absolute atomic E-state index is 12.5. The third kappa shape index (κ3) is 6.68. The van der Waals surface area contributed by atoms with E-state index < -0.39 is 10.8 Å². The van der Waals surface area contributed by atoms with Gasteiger partial charge in [-0.3, -0.25) is 9.59 Å². The van der Waals surface area contributed by atoms with Crippen LogP contribution in [0.15, 0.2) is 48.8 Å². The van der Waals surface area contributed by atoms with Gasteiger partial charge in [-0.15, -0.1) is 0 Å². The fraction of sp³-hybridized carbons (Fsp3) is 0.590. The smallest absolute Gasteiger partial charge is 0.252 e. The molecule has 48 heavy (non-hydrogen) atoms. The fourth-order valence-corrected chi connectivity index (χ4v) is 8.33. The van der Waals surface area contributed by atoms with Crippen LogP contribution in [0.25, 0.3) is 21.8 Å². The van der Waals surface area contributed by atoms with E-state index >= 15 is 0 Å². The highest BCUT2D eigenvalue weighted by Gasteiger charge is 2.36. The van der Waals surface area contributed by atoms with Crippen molar-refractivity contribution in [3.05, 3.63) is 54.4 Å². The number of fused-ring (bicyclic) bond motifs is 8. The first-order valence-electron chi connectivity index (χ1n) is 18.1. The monoisotopic (exact) mass is 651 g/mol. The zero-order valence-corrected chi connectivity index (χ0v) is 29.6. The summed E-state index contributed by atoms with van der Waals surface area (Å²) in [6, 6.07) is 14.4. The molecule has 3 N–H and O–H groups in total. The van der Waals surface area contributed by atoms with E-state index in [1.54, 1.807) is 10.9 Å². The highest BCUT2D eigenvalue weighted by atomic mass is 16.2. The van der Waals surface area contributed by atoms with Crippen molar-refractivity contribution < 1.29 is 9.59 Å². The normalized spacial score (nSPS) is 26.8. The van der Waals surface area contributed by atoms with Gasteiger partial charge in [0.25, 0.3) is 11.8 Å². The van der Waals surface area contributed by atoms with Gasteiger partial charge >= 0.3 is 0 Å². The molecule has 6 aliphatic rings. The molecule has 9 heteroatoms. The summed E-state index contributed by atoms with van der Waals surface area (Å²) in [5, 5.41) is 21.8. The summed E-state index contributed by atoms with van der Waals surface area (Å²) in [4.78, 5) is 25.0. The first-order chi connectivity index (χ1) is 22.8. The molecule has 6 unspecified atom stereocenters. The van der Waals surface area contributed by atoms with Crippen molar-refractivity contribution in [1.29, 1.82) is 0 Å². The molecule has 4 saturated heterocycles. The van der Waals surface area contributed by atoms with Crippen molar-refractivity contribution in [2.24, 2.45) is 28.6 Å². The molecule has 6 heterocycles. The zero-order chi connectivity index (χ0) is 33.8. The summed E-state index contributed by atoms with van der Waals surface area (Å²) in [7, 11) is 0. The molecule has 10 rings (SSSR count). The topological polar surface area (TPSA) is 106 Å². The second kappa shape index (κ2) is 12.7. The number of carbonyl (C=O) groups is 2. The standard InChI is InChI=1S/C20H27N3O.C19H26N4O/c1-20(2,3)19(24)23-18-7-5-13(9-16(18)12-22-23)8-15-10-14-4-6-17(15)21-11-14;1-19(2,3)18(24)23-17-7-5-14(9-13(17)11-21-23)22-16-8-12-4-6-15(16)20-10-12/h5,7,9,12,14-15,17,21H,4,6,8,10-11H2,1-3H3;5,7,9,11-12,15-16,20,22H,4,6,8,10H2,1-3H3. The Morgan fingerprint density at radius 1 is 0.750 bits per heavy atom. The van der Waals surface area contributed by atoms with E-state index in [0.29, 0.717) is 18.1 Å². The van der Waals surface area contributed by atoms with Crippen LogP contribution in [0.4, 0.5) is 5.69 Å². The van der Waals surface area contributed by atoms with E-state index in [-0.39, 0.29) is 11.8 Å². The van der Waals surface area contributed by atoms with Gasteiger partial charge in [0.1, 0.15) is 0 Å². The molecule has 4 bridgehead atoms. The minimum Gasteiger partial charge on any atom is -0.381 e. The molecular formula is C39H53N7O2. The quantitative estimate of drug-likeness (QED) is 0.220. The van der Waals surface area contributed by atoms with Gasteiger partial charge in [-0.25, -0.2) is 0 Å². The summed E-state index contributed by atoms with van der Waals surface area (Å²) in [6.45, 7) is 13.9. The van der Waals surface area contributed by atoms with E-state index in [0.717, 1.165) is 51.7 Å². The molecular weight excluding hydrogens is 598 g/mol. The molecule has 6 atom stereocenters. The third-order valence-corrected chi connectivity index (χ3v) is 11.1. The van der Waals surface area contributed by atoms with Gasteiger partial charge in [-0.05, 0) is 112 Å². The lowest BCUT2D eigenvalue weighted by Gasteiger charge is -2.43. The molecule has 4 aliphatic heterocycles. The number of nitrogens with one attached hydrogen (secondary N) is 3. The average molecular weight is 652 g/mol. The molecule has 0 amide bonds. The molecule has 6 fully saturated rings. The van der Waals surface area contributed by atoms with Crippen LogP contribution in [0.2, 0.25) is 0 Å². The maximum Gasteiger partial charge on any atom is 0.252 e. The van der Waals surface area contributed by atoms with Crippen molar-refractivity contribution in [3.8, 4) is 0 Å². The number of piperidine rings is 4. The van der Waals surface area contributed by atoms with Crippen LogP contribution in [0.3, 0.4) is 0 Å². The van der Waals surface area contributed by atoms with Crippen molar-refractivity contribution >= 4 is 39.3 Å². The van der Waals surface area contributed by atoms with Gasteiger partial charge in [0, 0.05) is 45.4 Å². The highest BCUT2D eigenvalue weighted by molar-refractivity contribution is 5.95. The summed E-state index contributed by atoms with van der Waals surface area (Å²) in [5.41, 5.74) is 3.41. The Morgan fingerprint density at radius 2 is 1.31 bits per heavy atom. The lowest BCUT2D eigenvalue weighted by atomic mass is 9.72. The van der Waals surface area contributed by atoms with E-state index in [9.17, 15) is 9.59 Å². The van der Waals surface area contributed by atoms with Crippen LogP contribution >= 0.6 is 0 Å². The Labute approximate surface area is 284 Å². The molecule has 2 saturated carbocycles. The predicted molar refractivity (Wildman–Crippen MR) is 192 cm³/mol. The number of benzene rings is 2. The number of hydrogen-bond acceptors (Lipinski definition) is 7. The minimum absolute atomic E-state index is 0.0204. The summed E-state index contributed by atoms with van der Waals surface area (Å²) >= 11 is 0. The van der Waals surface area contributed by atoms with E-state index in [1.165, 1.54) is 61.9 Å². The number of hydrogen-bond donors (Lipinski definition) is 3. The molecule has 2 aromatic heterocycles. The van der Waals surface area contributed by atoms with Crippen molar-refractivity contribution in [1.82, 2.24) is 30.2 Å². The van der Waals surface area contributed by atoms with Crippen LogP contribution in [-0.2, 0) is 6.42 Å². The molecule has 9 nitrogen and oxygen atoms in total. The Hall–Kier alpha value is -3.56. The Balaban J connectivity index is 0.000000152. The molecule has 256 valence electrons. The fourth-order valence-electron chi connectivity index (χ4n) is 8.33. The second-order valence-corrected chi connectivity index (χ2v) is 17.0. The number of rotatable bonds is 4. The summed E-state index contributed by atoms with van der Waals surface area (Å²) in [5.74, 6) is 2.49. The number of aromatic nitrogens is 4. The third-order valence-electron chi connectivity index (χ3n) is 11.1. The Bertz CT molecular complexity index is 1660. The van der Waals surface area contributed by atoms with Crippen LogP contribution in [0, 0.1) is 28.6 Å². The number of carbonyl (C=O) groups excluding carboxylic acids is 2. The largest absolute Gasteiger partial charge is 0.381 e. The average Bonchev–Trinajstić information content (AvgIpc) is 3.68. The number of anilines is 1. The van der Waals surface area contributed by atoms with Gasteiger partial charge in [0.15, 0.2) is 0 Å². The number of nitrogens with zero attached hydrogens (tertiary/aromatic N) is 4. The lowest BCUT2D eigenvalue weighted by molar-refractivity contribution is 0.0749. The van der Waals surface area contributed by atoms with E-state index in [4.69, 9.17) is 0 Å². The van der Waals surface area contributed by atoms with Crippen LogP contribution in [-0.4, -0.2) is 62.6 Å². The van der Waals surface area contributed by atoms with Crippen molar-refractivity contribution in [2.75, 3.05) is 18.4 Å². The summed E-state index contributed by atoms with van der Waals surface area (Å²) in [6.07, 6.45) is 12.7. The Kier molecular flexibility index (Phi) is 8.73. The molecule has 4 aromatic rings. The first kappa shape index (κ1) is 33.0. The molecule has 2 aromatic carbocycles.